The van der Waals surface area contributed by atoms with E-state index in [-0.39, 0.29) is 19.0 Å². The molecule has 1 amide bonds. The van der Waals surface area contributed by atoms with Crippen molar-refractivity contribution < 1.29 is 13.2 Å². The van der Waals surface area contributed by atoms with Crippen LogP contribution >= 0.6 is 34.5 Å². The van der Waals surface area contributed by atoms with Crippen LogP contribution in [0, 0.1) is 34.6 Å². The number of fused-ring (bicyclic) bond motifs is 1. The van der Waals surface area contributed by atoms with Gasteiger partial charge in [-0.3, -0.25) is 4.79 Å². The third-order valence-electron chi connectivity index (χ3n) is 6.84. The fourth-order valence-corrected chi connectivity index (χ4v) is 8.17. The number of nitrogens with zero attached hydrogens (tertiary/aromatic N) is 2. The second kappa shape index (κ2) is 8.86. The molecule has 3 aromatic rings. The minimum absolute atomic E-state index is 0.177. The van der Waals surface area contributed by atoms with Crippen LogP contribution in [0.25, 0.3) is 10.1 Å². The van der Waals surface area contributed by atoms with Crippen LogP contribution in [0.1, 0.15) is 37.5 Å². The van der Waals surface area contributed by atoms with Crippen molar-refractivity contribution in [2.24, 2.45) is 0 Å². The molecule has 0 unspecified atom stereocenters. The van der Waals surface area contributed by atoms with Crippen molar-refractivity contribution >= 4 is 60.6 Å². The number of piperazine rings is 1. The Bertz CT molecular complexity index is 1360. The summed E-state index contributed by atoms with van der Waals surface area (Å²) in [6, 6.07) is 5.36. The molecule has 0 spiro atoms. The van der Waals surface area contributed by atoms with Crippen molar-refractivity contribution in [3.8, 4) is 0 Å². The Morgan fingerprint density at radius 1 is 0.879 bits per heavy atom. The number of hydrogen-bond acceptors (Lipinski definition) is 4. The molecule has 0 atom stereocenters. The lowest BCUT2D eigenvalue weighted by Crippen LogP contribution is -2.50. The number of halogens is 2. The first kappa shape index (κ1) is 24.5. The number of thiophene rings is 1. The maximum atomic E-state index is 13.6. The van der Waals surface area contributed by atoms with E-state index in [0.717, 1.165) is 37.9 Å². The molecule has 5 nitrogen and oxygen atoms in total. The van der Waals surface area contributed by atoms with Gasteiger partial charge in [0.2, 0.25) is 10.0 Å². The van der Waals surface area contributed by atoms with Crippen LogP contribution in [-0.2, 0) is 10.0 Å². The molecule has 9 heteroatoms. The van der Waals surface area contributed by atoms with Crippen molar-refractivity contribution in [1.82, 2.24) is 9.21 Å². The minimum Gasteiger partial charge on any atom is -0.335 e. The molecule has 1 aliphatic rings. The zero-order chi connectivity index (χ0) is 24.2. The van der Waals surface area contributed by atoms with Crippen LogP contribution in [0.2, 0.25) is 10.0 Å². The van der Waals surface area contributed by atoms with Crippen LogP contribution in [0.5, 0.6) is 0 Å². The zero-order valence-electron chi connectivity index (χ0n) is 19.3. The Morgan fingerprint density at radius 3 is 2.00 bits per heavy atom. The maximum absolute atomic E-state index is 13.6. The summed E-state index contributed by atoms with van der Waals surface area (Å²) in [5.74, 6) is -0.177. The lowest BCUT2D eigenvalue weighted by atomic mass is 9.95. The van der Waals surface area contributed by atoms with Crippen LogP contribution in [-0.4, -0.2) is 49.7 Å². The van der Waals surface area contributed by atoms with E-state index in [1.165, 1.54) is 15.6 Å². The smallest absolute Gasteiger partial charge is 0.265 e. The predicted octanol–water partition coefficient (Wildman–Crippen LogP) is 5.90. The highest BCUT2D eigenvalue weighted by atomic mass is 35.5. The second-order valence-electron chi connectivity index (χ2n) is 8.54. The summed E-state index contributed by atoms with van der Waals surface area (Å²) in [4.78, 5) is 15.7. The van der Waals surface area contributed by atoms with Gasteiger partial charge in [0, 0.05) is 41.3 Å². The Labute approximate surface area is 209 Å². The van der Waals surface area contributed by atoms with Crippen LogP contribution in [0.3, 0.4) is 0 Å². The normalized spacial score (nSPS) is 15.4. The fourth-order valence-electron chi connectivity index (χ4n) is 4.43. The van der Waals surface area contributed by atoms with E-state index < -0.39 is 10.0 Å². The SMILES string of the molecule is Cc1c(C)c(C)c(S(=O)(=O)N2CCN(C(=O)c3sc4cc(Cl)ccc4c3Cl)CC2)c(C)c1C. The minimum atomic E-state index is -3.68. The zero-order valence-corrected chi connectivity index (χ0v) is 22.4. The van der Waals surface area contributed by atoms with E-state index >= 15 is 0 Å². The lowest BCUT2D eigenvalue weighted by Gasteiger charge is -2.34. The van der Waals surface area contributed by atoms with Crippen LogP contribution in [0.15, 0.2) is 23.1 Å². The van der Waals surface area contributed by atoms with Gasteiger partial charge in [-0.1, -0.05) is 29.3 Å². The molecule has 0 bridgehead atoms. The largest absolute Gasteiger partial charge is 0.335 e. The number of benzene rings is 2. The van der Waals surface area contributed by atoms with Gasteiger partial charge >= 0.3 is 0 Å². The molecule has 1 aliphatic heterocycles. The summed E-state index contributed by atoms with van der Waals surface area (Å²) in [6.07, 6.45) is 0. The van der Waals surface area contributed by atoms with Crippen LogP contribution < -0.4 is 0 Å². The van der Waals surface area contributed by atoms with E-state index in [0.29, 0.717) is 32.9 Å². The van der Waals surface area contributed by atoms with Gasteiger partial charge in [-0.25, -0.2) is 8.42 Å². The van der Waals surface area contributed by atoms with Crippen LogP contribution in [0.4, 0.5) is 0 Å². The number of carbonyl (C=O) groups excluding carboxylic acids is 1. The fraction of sp³-hybridized carbons (Fsp3) is 0.375. The van der Waals surface area contributed by atoms with Crippen molar-refractivity contribution in [1.29, 1.82) is 0 Å². The summed E-state index contributed by atoms with van der Waals surface area (Å²) >= 11 is 13.9. The Morgan fingerprint density at radius 2 is 1.42 bits per heavy atom. The number of amides is 1. The molecule has 2 aromatic carbocycles. The summed E-state index contributed by atoms with van der Waals surface area (Å²) in [7, 11) is -3.68. The quantitative estimate of drug-likeness (QED) is 0.428. The van der Waals surface area contributed by atoms with Crippen molar-refractivity contribution in [3.63, 3.8) is 0 Å². The number of hydrogen-bond donors (Lipinski definition) is 0. The molecule has 1 fully saturated rings. The number of rotatable bonds is 3. The molecule has 176 valence electrons. The highest BCUT2D eigenvalue weighted by Gasteiger charge is 2.34. The Balaban J connectivity index is 1.57. The number of sulfonamides is 1. The third-order valence-corrected chi connectivity index (χ3v) is 10.9. The molecule has 0 radical (unpaired) electrons. The van der Waals surface area contributed by atoms with Gasteiger partial charge in [0.1, 0.15) is 4.88 Å². The molecule has 2 heterocycles. The third kappa shape index (κ3) is 4.08. The van der Waals surface area contributed by atoms with Gasteiger partial charge in [0.15, 0.2) is 0 Å². The molecule has 1 aromatic heterocycles. The van der Waals surface area contributed by atoms with Gasteiger partial charge in [0.25, 0.3) is 5.91 Å². The average Bonchev–Trinajstić information content (AvgIpc) is 3.11. The molecule has 0 saturated carbocycles. The van der Waals surface area contributed by atoms with Gasteiger partial charge in [-0.05, 0) is 74.6 Å². The molecule has 33 heavy (non-hydrogen) atoms. The summed E-state index contributed by atoms with van der Waals surface area (Å²) < 4.78 is 29.5. The molecule has 1 saturated heterocycles. The molecule has 0 aliphatic carbocycles. The van der Waals surface area contributed by atoms with E-state index in [1.54, 1.807) is 17.0 Å². The van der Waals surface area contributed by atoms with E-state index in [9.17, 15) is 13.2 Å². The van der Waals surface area contributed by atoms with Crippen molar-refractivity contribution in [2.45, 2.75) is 39.5 Å². The Hall–Kier alpha value is -1.64. The summed E-state index contributed by atoms with van der Waals surface area (Å²) in [5, 5.41) is 1.81. The maximum Gasteiger partial charge on any atom is 0.265 e. The summed E-state index contributed by atoms with van der Waals surface area (Å²) in [5.41, 5.74) is 4.73. The van der Waals surface area contributed by atoms with Gasteiger partial charge < -0.3 is 4.90 Å². The average molecular weight is 526 g/mol. The van der Waals surface area contributed by atoms with Gasteiger partial charge in [-0.2, -0.15) is 4.31 Å². The van der Waals surface area contributed by atoms with Crippen molar-refractivity contribution in [2.75, 3.05) is 26.2 Å². The van der Waals surface area contributed by atoms with E-state index in [1.807, 2.05) is 40.7 Å². The first-order valence-corrected chi connectivity index (χ1v) is 13.7. The topological polar surface area (TPSA) is 57.7 Å². The Kier molecular flexibility index (Phi) is 6.57. The predicted molar refractivity (Wildman–Crippen MR) is 137 cm³/mol. The molecular weight excluding hydrogens is 499 g/mol. The van der Waals surface area contributed by atoms with Gasteiger partial charge in [0.05, 0.1) is 9.92 Å². The summed E-state index contributed by atoms with van der Waals surface area (Å²) in [6.45, 7) is 10.8. The molecule has 4 rings (SSSR count). The second-order valence-corrected chi connectivity index (χ2v) is 12.3. The number of carbonyl (C=O) groups is 1. The van der Waals surface area contributed by atoms with E-state index in [2.05, 4.69) is 0 Å². The first-order chi connectivity index (χ1) is 15.4. The highest BCUT2D eigenvalue weighted by molar-refractivity contribution is 7.89. The highest BCUT2D eigenvalue weighted by Crippen LogP contribution is 2.38. The van der Waals surface area contributed by atoms with Crippen molar-refractivity contribution in [3.05, 3.63) is 60.9 Å². The molecular formula is C24H26Cl2N2O3S2. The van der Waals surface area contributed by atoms with E-state index in [4.69, 9.17) is 23.2 Å². The lowest BCUT2D eigenvalue weighted by molar-refractivity contribution is 0.0703. The van der Waals surface area contributed by atoms with Gasteiger partial charge in [-0.15, -0.1) is 11.3 Å². The monoisotopic (exact) mass is 524 g/mol. The first-order valence-electron chi connectivity index (χ1n) is 10.7. The standard InChI is InChI=1S/C24H26Cl2N2O3S2/c1-13-14(2)16(4)23(17(5)15(13)3)33(30,31)28-10-8-27(9-11-28)24(29)22-21(26)19-7-6-18(25)12-20(19)32-22/h6-7,12H,8-11H2,1-5H3. The molecule has 0 N–H and O–H groups in total.